The molecule has 3 N–H and O–H groups in total. The van der Waals surface area contributed by atoms with Crippen molar-refractivity contribution in [3.8, 4) is 11.4 Å². The van der Waals surface area contributed by atoms with Gasteiger partial charge in [-0.1, -0.05) is 15.9 Å². The molecule has 2 aromatic heterocycles. The minimum atomic E-state index is 0.894. The number of fused-ring (bicyclic) bond motifs is 2. The van der Waals surface area contributed by atoms with Crippen LogP contribution in [0.15, 0.2) is 16.6 Å². The summed E-state index contributed by atoms with van der Waals surface area (Å²) in [6.45, 7) is 2.08. The predicted octanol–water partition coefficient (Wildman–Crippen LogP) is 4.43. The maximum atomic E-state index is 6.22. The van der Waals surface area contributed by atoms with Crippen LogP contribution in [0.25, 0.3) is 22.4 Å². The summed E-state index contributed by atoms with van der Waals surface area (Å²) in [4.78, 5) is 9.66. The lowest BCUT2D eigenvalue weighted by molar-refractivity contribution is 0.915. The number of nitrogens with one attached hydrogen (secondary N) is 1. The standard InChI is InChI=1S/C15H14BrN3S/c1-7-5-8(16)6-10-13(7)19-15(18-10)12-9-3-2-4-11(9)20-14(12)17/h5-6H,2-4,17H2,1H3,(H,18,19). The zero-order chi connectivity index (χ0) is 13.9. The fourth-order valence-electron chi connectivity index (χ4n) is 3.05. The number of thiophene rings is 1. The average Bonchev–Trinajstić information content (AvgIpc) is 3.02. The van der Waals surface area contributed by atoms with E-state index < -0.39 is 0 Å². The van der Waals surface area contributed by atoms with Crippen LogP contribution in [0.2, 0.25) is 0 Å². The molecule has 0 radical (unpaired) electrons. The number of nitrogens with zero attached hydrogens (tertiary/aromatic N) is 1. The van der Waals surface area contributed by atoms with Gasteiger partial charge in [-0.05, 0) is 49.4 Å². The van der Waals surface area contributed by atoms with Gasteiger partial charge in [-0.2, -0.15) is 0 Å². The molecule has 1 aliphatic rings. The number of H-pyrrole nitrogens is 1. The van der Waals surface area contributed by atoms with Gasteiger partial charge in [0.05, 0.1) is 21.6 Å². The summed E-state index contributed by atoms with van der Waals surface area (Å²) in [5.74, 6) is 0.915. The molecule has 0 saturated heterocycles. The highest BCUT2D eigenvalue weighted by Crippen LogP contribution is 2.43. The third-order valence-electron chi connectivity index (χ3n) is 3.93. The number of aromatic amines is 1. The van der Waals surface area contributed by atoms with Crippen molar-refractivity contribution >= 4 is 43.3 Å². The molecule has 0 amide bonds. The van der Waals surface area contributed by atoms with Gasteiger partial charge < -0.3 is 10.7 Å². The maximum Gasteiger partial charge on any atom is 0.141 e. The van der Waals surface area contributed by atoms with Crippen LogP contribution in [0.1, 0.15) is 22.4 Å². The lowest BCUT2D eigenvalue weighted by Gasteiger charge is -1.98. The number of nitrogens with two attached hydrogens (primary N) is 1. The Hall–Kier alpha value is -1.33. The van der Waals surface area contributed by atoms with Gasteiger partial charge in [0.15, 0.2) is 0 Å². The predicted molar refractivity (Wildman–Crippen MR) is 88.3 cm³/mol. The van der Waals surface area contributed by atoms with E-state index >= 15 is 0 Å². The largest absolute Gasteiger partial charge is 0.390 e. The van der Waals surface area contributed by atoms with Gasteiger partial charge in [0.25, 0.3) is 0 Å². The minimum Gasteiger partial charge on any atom is -0.390 e. The lowest BCUT2D eigenvalue weighted by atomic mass is 10.1. The molecule has 3 aromatic rings. The Labute approximate surface area is 129 Å². The molecular formula is C15H14BrN3S. The van der Waals surface area contributed by atoms with Crippen LogP contribution in [0.3, 0.4) is 0 Å². The summed E-state index contributed by atoms with van der Waals surface area (Å²) in [5, 5.41) is 0.894. The summed E-state index contributed by atoms with van der Waals surface area (Å²) in [5.41, 5.74) is 12.0. The zero-order valence-corrected chi connectivity index (χ0v) is 13.5. The van der Waals surface area contributed by atoms with Crippen LogP contribution in [0.5, 0.6) is 0 Å². The Balaban J connectivity index is 1.97. The Morgan fingerprint density at radius 3 is 3.05 bits per heavy atom. The van der Waals surface area contributed by atoms with E-state index in [1.165, 1.54) is 22.4 Å². The first kappa shape index (κ1) is 12.4. The second-order valence-corrected chi connectivity index (χ2v) is 7.35. The zero-order valence-electron chi connectivity index (χ0n) is 11.1. The van der Waals surface area contributed by atoms with Gasteiger partial charge in [-0.3, -0.25) is 0 Å². The van der Waals surface area contributed by atoms with Crippen LogP contribution in [-0.4, -0.2) is 9.97 Å². The number of anilines is 1. The third kappa shape index (κ3) is 1.73. The van der Waals surface area contributed by atoms with Gasteiger partial charge in [0, 0.05) is 9.35 Å². The number of halogens is 1. The first-order valence-electron chi connectivity index (χ1n) is 6.69. The number of hydrogen-bond acceptors (Lipinski definition) is 3. The van der Waals surface area contributed by atoms with Gasteiger partial charge in [-0.15, -0.1) is 11.3 Å². The van der Waals surface area contributed by atoms with Crippen LogP contribution < -0.4 is 5.73 Å². The van der Waals surface area contributed by atoms with E-state index in [2.05, 4.69) is 40.0 Å². The van der Waals surface area contributed by atoms with Crippen molar-refractivity contribution in [1.82, 2.24) is 9.97 Å². The van der Waals surface area contributed by atoms with E-state index in [1.807, 2.05) is 0 Å². The van der Waals surface area contributed by atoms with Crippen LogP contribution in [0.4, 0.5) is 5.00 Å². The Bertz CT molecular complexity index is 831. The minimum absolute atomic E-state index is 0.894. The van der Waals surface area contributed by atoms with E-state index in [0.717, 1.165) is 44.7 Å². The summed E-state index contributed by atoms with van der Waals surface area (Å²) >= 11 is 5.26. The number of imidazole rings is 1. The summed E-state index contributed by atoms with van der Waals surface area (Å²) < 4.78 is 1.07. The summed E-state index contributed by atoms with van der Waals surface area (Å²) in [6, 6.07) is 4.16. The Morgan fingerprint density at radius 2 is 2.20 bits per heavy atom. The maximum absolute atomic E-state index is 6.22. The average molecular weight is 348 g/mol. The monoisotopic (exact) mass is 347 g/mol. The summed E-state index contributed by atoms with van der Waals surface area (Å²) in [6.07, 6.45) is 3.52. The first-order valence-corrected chi connectivity index (χ1v) is 8.30. The molecular weight excluding hydrogens is 334 g/mol. The van der Waals surface area contributed by atoms with E-state index in [9.17, 15) is 0 Å². The molecule has 2 heterocycles. The van der Waals surface area contributed by atoms with Gasteiger partial charge in [-0.25, -0.2) is 4.98 Å². The van der Waals surface area contributed by atoms with E-state index in [4.69, 9.17) is 10.7 Å². The lowest BCUT2D eigenvalue weighted by Crippen LogP contribution is -1.89. The van der Waals surface area contributed by atoms with E-state index in [-0.39, 0.29) is 0 Å². The molecule has 0 fully saturated rings. The summed E-state index contributed by atoms with van der Waals surface area (Å²) in [7, 11) is 0. The Kier molecular flexibility index (Phi) is 2.69. The second-order valence-electron chi connectivity index (χ2n) is 5.30. The van der Waals surface area contributed by atoms with Crippen LogP contribution >= 0.6 is 27.3 Å². The van der Waals surface area contributed by atoms with Gasteiger partial charge in [0.2, 0.25) is 0 Å². The van der Waals surface area contributed by atoms with E-state index in [0.29, 0.717) is 0 Å². The topological polar surface area (TPSA) is 54.7 Å². The van der Waals surface area contributed by atoms with Crippen LogP contribution in [0, 0.1) is 6.92 Å². The van der Waals surface area contributed by atoms with Crippen molar-refractivity contribution in [2.24, 2.45) is 0 Å². The second kappa shape index (κ2) is 4.33. The highest BCUT2D eigenvalue weighted by atomic mass is 79.9. The van der Waals surface area contributed by atoms with Crippen molar-refractivity contribution in [2.45, 2.75) is 26.2 Å². The molecule has 0 aliphatic heterocycles. The molecule has 1 aromatic carbocycles. The van der Waals surface area contributed by atoms with Gasteiger partial charge in [0.1, 0.15) is 5.82 Å². The number of benzene rings is 1. The van der Waals surface area contributed by atoms with Crippen molar-refractivity contribution in [3.05, 3.63) is 32.6 Å². The number of nitrogen functional groups attached to an aromatic ring is 1. The molecule has 5 heteroatoms. The fraction of sp³-hybridized carbons (Fsp3) is 0.267. The third-order valence-corrected chi connectivity index (χ3v) is 5.51. The van der Waals surface area contributed by atoms with Crippen molar-refractivity contribution in [1.29, 1.82) is 0 Å². The molecule has 4 rings (SSSR count). The fourth-order valence-corrected chi connectivity index (χ4v) is 4.78. The molecule has 102 valence electrons. The van der Waals surface area contributed by atoms with Crippen molar-refractivity contribution in [2.75, 3.05) is 5.73 Å². The van der Waals surface area contributed by atoms with Gasteiger partial charge >= 0.3 is 0 Å². The first-order chi connectivity index (χ1) is 9.63. The molecule has 0 unspecified atom stereocenters. The number of aromatic nitrogens is 2. The van der Waals surface area contributed by atoms with Crippen molar-refractivity contribution in [3.63, 3.8) is 0 Å². The smallest absolute Gasteiger partial charge is 0.141 e. The number of hydrogen-bond donors (Lipinski definition) is 2. The van der Waals surface area contributed by atoms with Crippen LogP contribution in [-0.2, 0) is 12.8 Å². The highest BCUT2D eigenvalue weighted by Gasteiger charge is 2.24. The molecule has 20 heavy (non-hydrogen) atoms. The normalized spacial score (nSPS) is 14.1. The SMILES string of the molecule is Cc1cc(Br)cc2[nH]c(-c3c(N)sc4c3CCC4)nc12. The Morgan fingerprint density at radius 1 is 1.35 bits per heavy atom. The number of aryl methyl sites for hydroxylation is 2. The van der Waals surface area contributed by atoms with Crippen molar-refractivity contribution < 1.29 is 0 Å². The quantitative estimate of drug-likeness (QED) is 0.683. The number of rotatable bonds is 1. The molecule has 0 saturated carbocycles. The molecule has 0 spiro atoms. The molecule has 1 aliphatic carbocycles. The highest BCUT2D eigenvalue weighted by molar-refractivity contribution is 9.10. The molecule has 0 bridgehead atoms. The molecule has 3 nitrogen and oxygen atoms in total. The van der Waals surface area contributed by atoms with E-state index in [1.54, 1.807) is 11.3 Å². The molecule has 0 atom stereocenters.